The first-order valence-corrected chi connectivity index (χ1v) is 7.44. The monoisotopic (exact) mass is 279 g/mol. The summed E-state index contributed by atoms with van der Waals surface area (Å²) in [6.07, 6.45) is 0.537. The lowest BCUT2D eigenvalue weighted by Gasteiger charge is -2.29. The van der Waals surface area contributed by atoms with Crippen molar-refractivity contribution in [1.82, 2.24) is 4.90 Å². The second kappa shape index (κ2) is 8.37. The molecule has 1 saturated heterocycles. The molecule has 1 fully saturated rings. The van der Waals surface area contributed by atoms with E-state index in [-0.39, 0.29) is 6.10 Å². The second-order valence-corrected chi connectivity index (χ2v) is 5.21. The SMILES string of the molecule is CC[C@H](OC[C@@H](O)CN1CCOCC1)c1ccccc1. The Morgan fingerprint density at radius 2 is 1.95 bits per heavy atom. The van der Waals surface area contributed by atoms with Crippen LogP contribution in [0.5, 0.6) is 0 Å². The Bertz CT molecular complexity index is 365. The van der Waals surface area contributed by atoms with Crippen LogP contribution < -0.4 is 0 Å². The van der Waals surface area contributed by atoms with E-state index in [0.29, 0.717) is 13.2 Å². The fourth-order valence-electron chi connectivity index (χ4n) is 2.48. The summed E-state index contributed by atoms with van der Waals surface area (Å²) in [4.78, 5) is 2.22. The predicted molar refractivity (Wildman–Crippen MR) is 78.7 cm³/mol. The molecule has 112 valence electrons. The maximum absolute atomic E-state index is 10.1. The molecule has 0 radical (unpaired) electrons. The van der Waals surface area contributed by atoms with Crippen LogP contribution in [0.4, 0.5) is 0 Å². The maximum Gasteiger partial charge on any atom is 0.0900 e. The van der Waals surface area contributed by atoms with Gasteiger partial charge >= 0.3 is 0 Å². The van der Waals surface area contributed by atoms with Gasteiger partial charge in [-0.15, -0.1) is 0 Å². The molecule has 2 atom stereocenters. The van der Waals surface area contributed by atoms with Gasteiger partial charge in [-0.05, 0) is 12.0 Å². The minimum Gasteiger partial charge on any atom is -0.389 e. The van der Waals surface area contributed by atoms with E-state index in [0.717, 1.165) is 32.7 Å². The molecule has 1 aromatic rings. The Labute approximate surface area is 121 Å². The quantitative estimate of drug-likeness (QED) is 0.827. The van der Waals surface area contributed by atoms with Gasteiger partial charge < -0.3 is 14.6 Å². The fraction of sp³-hybridized carbons (Fsp3) is 0.625. The first-order valence-electron chi connectivity index (χ1n) is 7.44. The number of ether oxygens (including phenoxy) is 2. The molecule has 0 unspecified atom stereocenters. The van der Waals surface area contributed by atoms with Crippen molar-refractivity contribution < 1.29 is 14.6 Å². The summed E-state index contributed by atoms with van der Waals surface area (Å²) in [6, 6.07) is 10.2. The third-order valence-electron chi connectivity index (χ3n) is 3.60. The van der Waals surface area contributed by atoms with Gasteiger partial charge in [0.05, 0.1) is 32.0 Å². The highest BCUT2D eigenvalue weighted by molar-refractivity contribution is 5.17. The van der Waals surface area contributed by atoms with Crippen molar-refractivity contribution in [1.29, 1.82) is 0 Å². The summed E-state index contributed by atoms with van der Waals surface area (Å²) in [7, 11) is 0. The summed E-state index contributed by atoms with van der Waals surface area (Å²) < 4.78 is 11.2. The van der Waals surface area contributed by atoms with Crippen LogP contribution in [-0.4, -0.2) is 55.6 Å². The molecule has 1 N–H and O–H groups in total. The van der Waals surface area contributed by atoms with Crippen LogP contribution in [0.15, 0.2) is 30.3 Å². The molecule has 1 aliphatic rings. The van der Waals surface area contributed by atoms with Gasteiger partial charge in [0, 0.05) is 19.6 Å². The normalized spacial score (nSPS) is 19.7. The molecular formula is C16H25NO3. The Kier molecular flexibility index (Phi) is 6.47. The van der Waals surface area contributed by atoms with Crippen molar-refractivity contribution >= 4 is 0 Å². The van der Waals surface area contributed by atoms with E-state index in [4.69, 9.17) is 9.47 Å². The summed E-state index contributed by atoms with van der Waals surface area (Å²) >= 11 is 0. The summed E-state index contributed by atoms with van der Waals surface area (Å²) in [5.74, 6) is 0. The number of rotatable bonds is 7. The Morgan fingerprint density at radius 1 is 1.25 bits per heavy atom. The second-order valence-electron chi connectivity index (χ2n) is 5.21. The van der Waals surface area contributed by atoms with Gasteiger partial charge in [-0.1, -0.05) is 37.3 Å². The molecule has 4 heteroatoms. The molecule has 0 spiro atoms. The summed E-state index contributed by atoms with van der Waals surface area (Å²) in [5.41, 5.74) is 1.17. The van der Waals surface area contributed by atoms with E-state index in [1.165, 1.54) is 5.56 Å². The summed E-state index contributed by atoms with van der Waals surface area (Å²) in [5, 5.41) is 10.1. The molecule has 0 aromatic heterocycles. The third kappa shape index (κ3) is 4.87. The largest absolute Gasteiger partial charge is 0.389 e. The molecule has 0 amide bonds. The van der Waals surface area contributed by atoms with Gasteiger partial charge in [-0.2, -0.15) is 0 Å². The van der Waals surface area contributed by atoms with Crippen molar-refractivity contribution in [3.8, 4) is 0 Å². The van der Waals surface area contributed by atoms with Gasteiger partial charge in [-0.3, -0.25) is 4.90 Å². The van der Waals surface area contributed by atoms with E-state index in [1.54, 1.807) is 0 Å². The van der Waals surface area contributed by atoms with Gasteiger partial charge in [-0.25, -0.2) is 0 Å². The lowest BCUT2D eigenvalue weighted by Crippen LogP contribution is -2.42. The Balaban J connectivity index is 1.75. The van der Waals surface area contributed by atoms with Crippen LogP contribution in [0.1, 0.15) is 25.0 Å². The van der Waals surface area contributed by atoms with E-state index in [2.05, 4.69) is 24.0 Å². The van der Waals surface area contributed by atoms with Crippen LogP contribution in [-0.2, 0) is 9.47 Å². The predicted octanol–water partition coefficient (Wildman–Crippen LogP) is 1.85. The number of aliphatic hydroxyl groups is 1. The number of β-amino-alcohol motifs (C(OH)–C–C–N with tert-alkyl or cyclic N) is 1. The van der Waals surface area contributed by atoms with E-state index < -0.39 is 6.10 Å². The Morgan fingerprint density at radius 3 is 2.60 bits per heavy atom. The highest BCUT2D eigenvalue weighted by Gasteiger charge is 2.17. The molecule has 1 aromatic carbocycles. The number of benzene rings is 1. The standard InChI is InChI=1S/C16H25NO3/c1-2-16(14-6-4-3-5-7-14)20-13-15(18)12-17-8-10-19-11-9-17/h3-7,15-16,18H,2,8-13H2,1H3/t15-,16-/m0/s1. The van der Waals surface area contributed by atoms with Crippen LogP contribution in [0, 0.1) is 0 Å². The molecule has 0 aliphatic carbocycles. The zero-order valence-corrected chi connectivity index (χ0v) is 12.2. The van der Waals surface area contributed by atoms with Gasteiger partial charge in [0.15, 0.2) is 0 Å². The lowest BCUT2D eigenvalue weighted by atomic mass is 10.1. The third-order valence-corrected chi connectivity index (χ3v) is 3.60. The molecule has 4 nitrogen and oxygen atoms in total. The lowest BCUT2D eigenvalue weighted by molar-refractivity contribution is -0.0378. The van der Waals surface area contributed by atoms with Gasteiger partial charge in [0.1, 0.15) is 0 Å². The first kappa shape index (κ1) is 15.4. The number of nitrogens with zero attached hydrogens (tertiary/aromatic N) is 1. The highest BCUT2D eigenvalue weighted by Crippen LogP contribution is 2.20. The van der Waals surface area contributed by atoms with Crippen LogP contribution in [0.25, 0.3) is 0 Å². The van der Waals surface area contributed by atoms with Crippen molar-refractivity contribution in [3.05, 3.63) is 35.9 Å². The van der Waals surface area contributed by atoms with Gasteiger partial charge in [0.2, 0.25) is 0 Å². The van der Waals surface area contributed by atoms with Crippen molar-refractivity contribution in [2.75, 3.05) is 39.5 Å². The minimum atomic E-state index is -0.439. The summed E-state index contributed by atoms with van der Waals surface area (Å²) in [6.45, 7) is 6.45. The molecule has 0 bridgehead atoms. The maximum atomic E-state index is 10.1. The number of hydrogen-bond donors (Lipinski definition) is 1. The van der Waals surface area contributed by atoms with E-state index in [9.17, 15) is 5.11 Å². The van der Waals surface area contributed by atoms with Crippen molar-refractivity contribution in [2.45, 2.75) is 25.6 Å². The average molecular weight is 279 g/mol. The molecule has 1 heterocycles. The van der Waals surface area contributed by atoms with Crippen molar-refractivity contribution in [2.24, 2.45) is 0 Å². The minimum absolute atomic E-state index is 0.0653. The van der Waals surface area contributed by atoms with E-state index in [1.807, 2.05) is 18.2 Å². The molecule has 0 saturated carbocycles. The molecule has 2 rings (SSSR count). The highest BCUT2D eigenvalue weighted by atomic mass is 16.5. The Hall–Kier alpha value is -0.940. The molecule has 20 heavy (non-hydrogen) atoms. The zero-order chi connectivity index (χ0) is 14.2. The van der Waals surface area contributed by atoms with Crippen LogP contribution in [0.2, 0.25) is 0 Å². The smallest absolute Gasteiger partial charge is 0.0900 e. The number of aliphatic hydroxyl groups excluding tert-OH is 1. The average Bonchev–Trinajstić information content (AvgIpc) is 2.50. The zero-order valence-electron chi connectivity index (χ0n) is 12.2. The molecule has 1 aliphatic heterocycles. The topological polar surface area (TPSA) is 41.9 Å². The van der Waals surface area contributed by atoms with Gasteiger partial charge in [0.25, 0.3) is 0 Å². The number of morpholine rings is 1. The van der Waals surface area contributed by atoms with E-state index >= 15 is 0 Å². The van der Waals surface area contributed by atoms with Crippen LogP contribution in [0.3, 0.4) is 0 Å². The number of hydrogen-bond acceptors (Lipinski definition) is 4. The molecular weight excluding hydrogens is 254 g/mol. The van der Waals surface area contributed by atoms with Crippen LogP contribution >= 0.6 is 0 Å². The first-order chi connectivity index (χ1) is 9.79. The van der Waals surface area contributed by atoms with Crippen molar-refractivity contribution in [3.63, 3.8) is 0 Å². The fourth-order valence-corrected chi connectivity index (χ4v) is 2.48.